The van der Waals surface area contributed by atoms with E-state index in [9.17, 15) is 4.39 Å². The minimum absolute atomic E-state index is 0.301. The Labute approximate surface area is 105 Å². The number of hydrogen-bond donors (Lipinski definition) is 1. The van der Waals surface area contributed by atoms with Crippen LogP contribution in [0.3, 0.4) is 0 Å². The Hall–Kier alpha value is -1.42. The molecule has 1 aliphatic rings. The van der Waals surface area contributed by atoms with Crippen molar-refractivity contribution in [2.24, 2.45) is 11.7 Å². The van der Waals surface area contributed by atoms with Gasteiger partial charge in [-0.1, -0.05) is 19.8 Å². The van der Waals surface area contributed by atoms with Crippen LogP contribution in [0.2, 0.25) is 0 Å². The molecule has 3 rings (SSSR count). The van der Waals surface area contributed by atoms with Crippen molar-refractivity contribution in [3.8, 4) is 0 Å². The summed E-state index contributed by atoms with van der Waals surface area (Å²) < 4.78 is 18.8. The molecule has 2 N–H and O–H groups in total. The zero-order valence-electron chi connectivity index (χ0n) is 10.4. The second kappa shape index (κ2) is 4.05. The van der Waals surface area contributed by atoms with Crippen molar-refractivity contribution in [2.45, 2.75) is 38.1 Å². The fourth-order valence-corrected chi connectivity index (χ4v) is 2.90. The van der Waals surface area contributed by atoms with Gasteiger partial charge in [0.05, 0.1) is 5.54 Å². The van der Waals surface area contributed by atoms with Crippen LogP contribution < -0.4 is 5.73 Å². The molecule has 2 aromatic rings. The molecule has 18 heavy (non-hydrogen) atoms. The van der Waals surface area contributed by atoms with Crippen molar-refractivity contribution >= 4 is 11.1 Å². The van der Waals surface area contributed by atoms with E-state index in [0.717, 1.165) is 19.3 Å². The number of fused-ring (bicyclic) bond motifs is 1. The van der Waals surface area contributed by atoms with Gasteiger partial charge in [-0.3, -0.25) is 0 Å². The van der Waals surface area contributed by atoms with Crippen LogP contribution in [-0.4, -0.2) is 4.98 Å². The molecule has 0 aliphatic heterocycles. The average Bonchev–Trinajstić information content (AvgIpc) is 2.72. The van der Waals surface area contributed by atoms with Crippen LogP contribution in [0.1, 0.15) is 38.5 Å². The van der Waals surface area contributed by atoms with E-state index in [4.69, 9.17) is 10.2 Å². The molecule has 4 heteroatoms. The molecule has 1 aliphatic carbocycles. The third-order valence-electron chi connectivity index (χ3n) is 3.81. The number of nitrogens with zero attached hydrogens (tertiary/aromatic N) is 1. The topological polar surface area (TPSA) is 52.0 Å². The molecule has 1 aromatic carbocycles. The number of oxazole rings is 1. The molecule has 1 heterocycles. The fraction of sp³-hybridized carbons (Fsp3) is 0.500. The average molecular weight is 248 g/mol. The van der Waals surface area contributed by atoms with E-state index in [2.05, 4.69) is 11.9 Å². The molecule has 0 radical (unpaired) electrons. The molecule has 1 saturated carbocycles. The van der Waals surface area contributed by atoms with Gasteiger partial charge in [0.1, 0.15) is 11.3 Å². The Morgan fingerprint density at radius 3 is 3.11 bits per heavy atom. The maximum absolute atomic E-state index is 13.1. The maximum atomic E-state index is 13.1. The summed E-state index contributed by atoms with van der Waals surface area (Å²) in [6.07, 6.45) is 4.05. The van der Waals surface area contributed by atoms with E-state index in [0.29, 0.717) is 22.9 Å². The quantitative estimate of drug-likeness (QED) is 0.842. The lowest BCUT2D eigenvalue weighted by molar-refractivity contribution is 0.201. The highest BCUT2D eigenvalue weighted by molar-refractivity contribution is 5.72. The largest absolute Gasteiger partial charge is 0.439 e. The highest BCUT2D eigenvalue weighted by Gasteiger charge is 2.37. The first kappa shape index (κ1) is 11.7. The molecule has 2 unspecified atom stereocenters. The van der Waals surface area contributed by atoms with Gasteiger partial charge >= 0.3 is 0 Å². The molecular weight excluding hydrogens is 231 g/mol. The van der Waals surface area contributed by atoms with Crippen LogP contribution in [0.5, 0.6) is 0 Å². The van der Waals surface area contributed by atoms with E-state index < -0.39 is 5.54 Å². The zero-order valence-corrected chi connectivity index (χ0v) is 10.4. The van der Waals surface area contributed by atoms with Gasteiger partial charge in [-0.05, 0) is 30.9 Å². The number of aromatic nitrogens is 1. The summed E-state index contributed by atoms with van der Waals surface area (Å²) in [7, 11) is 0. The second-order valence-corrected chi connectivity index (χ2v) is 5.49. The van der Waals surface area contributed by atoms with E-state index in [1.807, 2.05) is 0 Å². The molecule has 0 amide bonds. The van der Waals surface area contributed by atoms with Gasteiger partial charge < -0.3 is 10.2 Å². The number of rotatable bonds is 1. The lowest BCUT2D eigenvalue weighted by Crippen LogP contribution is -2.41. The van der Waals surface area contributed by atoms with Crippen molar-refractivity contribution in [3.63, 3.8) is 0 Å². The summed E-state index contributed by atoms with van der Waals surface area (Å²) in [5.74, 6) is 0.829. The van der Waals surface area contributed by atoms with E-state index in [1.165, 1.54) is 18.6 Å². The number of halogens is 1. The molecule has 1 aromatic heterocycles. The minimum Gasteiger partial charge on any atom is -0.439 e. The first-order chi connectivity index (χ1) is 8.57. The highest BCUT2D eigenvalue weighted by atomic mass is 19.1. The predicted molar refractivity (Wildman–Crippen MR) is 67.5 cm³/mol. The van der Waals surface area contributed by atoms with Gasteiger partial charge in [-0.25, -0.2) is 9.37 Å². The fourth-order valence-electron chi connectivity index (χ4n) is 2.90. The Morgan fingerprint density at radius 2 is 2.33 bits per heavy atom. The molecule has 3 nitrogen and oxygen atoms in total. The molecular formula is C14H17FN2O. The molecule has 0 spiro atoms. The molecule has 0 bridgehead atoms. The Bertz CT molecular complexity index is 580. The molecule has 0 saturated heterocycles. The van der Waals surface area contributed by atoms with Gasteiger partial charge in [0.25, 0.3) is 0 Å². The smallest absolute Gasteiger partial charge is 0.215 e. The minimum atomic E-state index is -0.493. The second-order valence-electron chi connectivity index (χ2n) is 5.49. The molecule has 2 atom stereocenters. The normalized spacial score (nSPS) is 28.7. The zero-order chi connectivity index (χ0) is 12.8. The summed E-state index contributed by atoms with van der Waals surface area (Å²) in [6, 6.07) is 4.37. The first-order valence-corrected chi connectivity index (χ1v) is 6.42. The number of hydrogen-bond acceptors (Lipinski definition) is 3. The van der Waals surface area contributed by atoms with Gasteiger partial charge in [-0.15, -0.1) is 0 Å². The van der Waals surface area contributed by atoms with Crippen molar-refractivity contribution in [1.82, 2.24) is 4.98 Å². The Morgan fingerprint density at radius 1 is 1.50 bits per heavy atom. The van der Waals surface area contributed by atoms with Gasteiger partial charge in [0.2, 0.25) is 5.89 Å². The molecule has 1 fully saturated rings. The van der Waals surface area contributed by atoms with Crippen LogP contribution in [0, 0.1) is 11.7 Å². The van der Waals surface area contributed by atoms with E-state index in [1.54, 1.807) is 6.07 Å². The standard InChI is InChI=1S/C14H17FN2O/c1-9-3-2-6-14(16,8-9)13-17-11-7-10(15)4-5-12(11)18-13/h4-5,7,9H,2-3,6,8,16H2,1H3. The van der Waals surface area contributed by atoms with Crippen LogP contribution in [0.25, 0.3) is 11.1 Å². The van der Waals surface area contributed by atoms with E-state index >= 15 is 0 Å². The lowest BCUT2D eigenvalue weighted by Gasteiger charge is -2.33. The first-order valence-electron chi connectivity index (χ1n) is 6.42. The summed E-state index contributed by atoms with van der Waals surface area (Å²) in [5, 5.41) is 0. The summed E-state index contributed by atoms with van der Waals surface area (Å²) >= 11 is 0. The number of nitrogens with two attached hydrogens (primary N) is 1. The third-order valence-corrected chi connectivity index (χ3v) is 3.81. The predicted octanol–water partition coefficient (Wildman–Crippen LogP) is 3.33. The summed E-state index contributed by atoms with van der Waals surface area (Å²) in [4.78, 5) is 4.37. The van der Waals surface area contributed by atoms with Gasteiger partial charge in [-0.2, -0.15) is 0 Å². The third kappa shape index (κ3) is 1.90. The SMILES string of the molecule is CC1CCCC(N)(c2nc3cc(F)ccc3o2)C1. The Balaban J connectivity index is 2.03. The van der Waals surface area contributed by atoms with Gasteiger partial charge in [0, 0.05) is 6.07 Å². The van der Waals surface area contributed by atoms with E-state index in [-0.39, 0.29) is 5.82 Å². The van der Waals surface area contributed by atoms with Crippen LogP contribution in [0.15, 0.2) is 22.6 Å². The van der Waals surface area contributed by atoms with Crippen molar-refractivity contribution in [3.05, 3.63) is 29.9 Å². The summed E-state index contributed by atoms with van der Waals surface area (Å²) in [5.41, 5.74) is 7.08. The molecule has 96 valence electrons. The van der Waals surface area contributed by atoms with Crippen LogP contribution in [-0.2, 0) is 5.54 Å². The summed E-state index contributed by atoms with van der Waals surface area (Å²) in [6.45, 7) is 2.20. The lowest BCUT2D eigenvalue weighted by atomic mass is 9.77. The van der Waals surface area contributed by atoms with Crippen molar-refractivity contribution in [2.75, 3.05) is 0 Å². The highest BCUT2D eigenvalue weighted by Crippen LogP contribution is 2.38. The monoisotopic (exact) mass is 248 g/mol. The maximum Gasteiger partial charge on any atom is 0.215 e. The van der Waals surface area contributed by atoms with Gasteiger partial charge in [0.15, 0.2) is 5.58 Å². The Kier molecular flexibility index (Phi) is 2.63. The van der Waals surface area contributed by atoms with Crippen LogP contribution in [0.4, 0.5) is 4.39 Å². The number of benzene rings is 1. The van der Waals surface area contributed by atoms with Crippen molar-refractivity contribution < 1.29 is 8.81 Å². The van der Waals surface area contributed by atoms with Crippen molar-refractivity contribution in [1.29, 1.82) is 0 Å². The van der Waals surface area contributed by atoms with Crippen LogP contribution >= 0.6 is 0 Å².